The van der Waals surface area contributed by atoms with Crippen LogP contribution in [0.15, 0.2) is 30.3 Å². The molecule has 0 aliphatic rings. The molecule has 0 aliphatic heterocycles. The van der Waals surface area contributed by atoms with Crippen molar-refractivity contribution in [1.82, 2.24) is 0 Å². The maximum Gasteiger partial charge on any atom is 0.272 e. The van der Waals surface area contributed by atoms with Crippen molar-refractivity contribution >= 4 is 5.70 Å². The monoisotopic (exact) mass is 275 g/mol. The smallest absolute Gasteiger partial charge is 0.258 e. The molecule has 0 saturated carbocycles. The second kappa shape index (κ2) is 9.29. The quantitative estimate of drug-likeness (QED) is 0.352. The van der Waals surface area contributed by atoms with Crippen molar-refractivity contribution in [3.05, 3.63) is 51.6 Å². The molecule has 0 saturated heterocycles. The molecular formula is C17H25NO2. The van der Waals surface area contributed by atoms with Gasteiger partial charge in [-0.2, -0.15) is 0 Å². The van der Waals surface area contributed by atoms with Crippen molar-refractivity contribution < 1.29 is 4.92 Å². The summed E-state index contributed by atoms with van der Waals surface area (Å²) in [6.45, 7) is 3.94. The number of unbranched alkanes of at least 4 members (excludes halogenated alkanes) is 5. The summed E-state index contributed by atoms with van der Waals surface area (Å²) in [5, 5.41) is 11.1. The van der Waals surface area contributed by atoms with E-state index >= 15 is 0 Å². The SMILES string of the molecule is C/C=C(\c1ccccc1CCCCCCCC)[N+](=O)[O-]. The van der Waals surface area contributed by atoms with Gasteiger partial charge in [0.1, 0.15) is 0 Å². The Morgan fingerprint density at radius 2 is 1.80 bits per heavy atom. The molecule has 3 nitrogen and oxygen atoms in total. The molecule has 1 aromatic rings. The van der Waals surface area contributed by atoms with Gasteiger partial charge in [0.2, 0.25) is 0 Å². The topological polar surface area (TPSA) is 43.1 Å². The van der Waals surface area contributed by atoms with Gasteiger partial charge < -0.3 is 0 Å². The lowest BCUT2D eigenvalue weighted by Crippen LogP contribution is -2.01. The number of nitro groups is 1. The van der Waals surface area contributed by atoms with Gasteiger partial charge in [-0.25, -0.2) is 0 Å². The number of hydrogen-bond donors (Lipinski definition) is 0. The Kier molecular flexibility index (Phi) is 7.63. The van der Waals surface area contributed by atoms with Crippen LogP contribution in [0.25, 0.3) is 5.70 Å². The zero-order chi connectivity index (χ0) is 14.8. The van der Waals surface area contributed by atoms with Crippen molar-refractivity contribution in [1.29, 1.82) is 0 Å². The molecule has 0 aromatic heterocycles. The number of benzene rings is 1. The molecular weight excluding hydrogens is 250 g/mol. The fourth-order valence-electron chi connectivity index (χ4n) is 2.44. The van der Waals surface area contributed by atoms with Gasteiger partial charge in [-0.05, 0) is 37.5 Å². The average Bonchev–Trinajstić information content (AvgIpc) is 2.44. The van der Waals surface area contributed by atoms with Crippen LogP contribution in [0.4, 0.5) is 0 Å². The Morgan fingerprint density at radius 1 is 1.15 bits per heavy atom. The molecule has 3 heteroatoms. The molecule has 0 spiro atoms. The molecule has 0 fully saturated rings. The molecule has 0 N–H and O–H groups in total. The summed E-state index contributed by atoms with van der Waals surface area (Å²) in [7, 11) is 0. The van der Waals surface area contributed by atoms with Crippen LogP contribution in [-0.4, -0.2) is 4.92 Å². The molecule has 0 bridgehead atoms. The van der Waals surface area contributed by atoms with Gasteiger partial charge in [0.15, 0.2) is 0 Å². The number of rotatable bonds is 9. The molecule has 0 amide bonds. The predicted octanol–water partition coefficient (Wildman–Crippen LogP) is 5.23. The van der Waals surface area contributed by atoms with E-state index < -0.39 is 0 Å². The van der Waals surface area contributed by atoms with E-state index in [9.17, 15) is 10.1 Å². The van der Waals surface area contributed by atoms with Gasteiger partial charge in [0, 0.05) is 0 Å². The molecule has 0 radical (unpaired) electrons. The van der Waals surface area contributed by atoms with Crippen LogP contribution in [0.2, 0.25) is 0 Å². The molecule has 0 atom stereocenters. The molecule has 1 rings (SSSR count). The summed E-state index contributed by atoms with van der Waals surface area (Å²) in [5.41, 5.74) is 2.08. The lowest BCUT2D eigenvalue weighted by atomic mass is 9.98. The summed E-state index contributed by atoms with van der Waals surface area (Å²) in [4.78, 5) is 10.8. The molecule has 0 heterocycles. The largest absolute Gasteiger partial charge is 0.272 e. The first-order valence-electron chi connectivity index (χ1n) is 7.59. The summed E-state index contributed by atoms with van der Waals surface area (Å²) in [6.07, 6.45) is 9.95. The summed E-state index contributed by atoms with van der Waals surface area (Å²) >= 11 is 0. The first-order valence-corrected chi connectivity index (χ1v) is 7.59. The van der Waals surface area contributed by atoms with Gasteiger partial charge in [-0.3, -0.25) is 10.1 Å². The van der Waals surface area contributed by atoms with E-state index in [0.29, 0.717) is 0 Å². The maximum atomic E-state index is 11.1. The van der Waals surface area contributed by atoms with Crippen LogP contribution in [0, 0.1) is 10.1 Å². The minimum absolute atomic E-state index is 0.214. The number of aryl methyl sites for hydroxylation is 1. The van der Waals surface area contributed by atoms with Gasteiger partial charge in [0.25, 0.3) is 5.70 Å². The lowest BCUT2D eigenvalue weighted by molar-refractivity contribution is -0.375. The third kappa shape index (κ3) is 5.16. The summed E-state index contributed by atoms with van der Waals surface area (Å²) in [5.74, 6) is 0. The van der Waals surface area contributed by atoms with E-state index in [1.165, 1.54) is 32.1 Å². The van der Waals surface area contributed by atoms with Gasteiger partial charge in [-0.1, -0.05) is 57.2 Å². The lowest BCUT2D eigenvalue weighted by Gasteiger charge is -2.07. The molecule has 20 heavy (non-hydrogen) atoms. The highest BCUT2D eigenvalue weighted by Gasteiger charge is 2.15. The zero-order valence-electron chi connectivity index (χ0n) is 12.6. The second-order valence-corrected chi connectivity index (χ2v) is 5.11. The summed E-state index contributed by atoms with van der Waals surface area (Å²) in [6, 6.07) is 7.69. The van der Waals surface area contributed by atoms with Crippen molar-refractivity contribution in [3.8, 4) is 0 Å². The van der Waals surface area contributed by atoms with Crippen molar-refractivity contribution in [3.63, 3.8) is 0 Å². The van der Waals surface area contributed by atoms with Crippen molar-refractivity contribution in [2.45, 2.75) is 58.8 Å². The normalized spacial score (nSPS) is 11.6. The Bertz CT molecular complexity index is 452. The van der Waals surface area contributed by atoms with E-state index in [-0.39, 0.29) is 10.6 Å². The fraction of sp³-hybridized carbons (Fsp3) is 0.529. The fourth-order valence-corrected chi connectivity index (χ4v) is 2.44. The highest BCUT2D eigenvalue weighted by molar-refractivity contribution is 5.61. The Labute approximate surface area is 121 Å². The van der Waals surface area contributed by atoms with Crippen molar-refractivity contribution in [2.24, 2.45) is 0 Å². The molecule has 110 valence electrons. The van der Waals surface area contributed by atoms with E-state index in [1.54, 1.807) is 13.0 Å². The van der Waals surface area contributed by atoms with Crippen LogP contribution in [0.1, 0.15) is 63.5 Å². The van der Waals surface area contributed by atoms with E-state index in [1.807, 2.05) is 24.3 Å². The first-order chi connectivity index (χ1) is 9.70. The van der Waals surface area contributed by atoms with Gasteiger partial charge >= 0.3 is 0 Å². The van der Waals surface area contributed by atoms with Crippen LogP contribution < -0.4 is 0 Å². The minimum Gasteiger partial charge on any atom is -0.258 e. The average molecular weight is 275 g/mol. The van der Waals surface area contributed by atoms with Gasteiger partial charge in [-0.15, -0.1) is 0 Å². The highest BCUT2D eigenvalue weighted by Crippen LogP contribution is 2.22. The van der Waals surface area contributed by atoms with E-state index in [4.69, 9.17) is 0 Å². The third-order valence-corrected chi connectivity index (χ3v) is 3.56. The summed E-state index contributed by atoms with van der Waals surface area (Å²) < 4.78 is 0. The standard InChI is InChI=1S/C17H25NO2/c1-3-5-6-7-8-9-12-15-13-10-11-14-16(15)17(4-2)18(19)20/h4,10-11,13-14H,3,5-9,12H2,1-2H3/b17-4+. The minimum atomic E-state index is -0.292. The van der Waals surface area contributed by atoms with Crippen LogP contribution in [-0.2, 0) is 6.42 Å². The van der Waals surface area contributed by atoms with Crippen LogP contribution in [0.5, 0.6) is 0 Å². The molecule has 0 unspecified atom stereocenters. The second-order valence-electron chi connectivity index (χ2n) is 5.11. The number of hydrogen-bond acceptors (Lipinski definition) is 2. The van der Waals surface area contributed by atoms with E-state index in [0.717, 1.165) is 24.0 Å². The van der Waals surface area contributed by atoms with Crippen LogP contribution >= 0.6 is 0 Å². The Morgan fingerprint density at radius 3 is 2.45 bits per heavy atom. The molecule has 0 aliphatic carbocycles. The van der Waals surface area contributed by atoms with Crippen molar-refractivity contribution in [2.75, 3.05) is 0 Å². The van der Waals surface area contributed by atoms with Crippen LogP contribution in [0.3, 0.4) is 0 Å². The van der Waals surface area contributed by atoms with E-state index in [2.05, 4.69) is 6.92 Å². The highest BCUT2D eigenvalue weighted by atomic mass is 16.6. The van der Waals surface area contributed by atoms with Gasteiger partial charge in [0.05, 0.1) is 10.5 Å². The number of allylic oxidation sites excluding steroid dienone is 1. The predicted molar refractivity (Wildman–Crippen MR) is 84.2 cm³/mol. The third-order valence-electron chi connectivity index (χ3n) is 3.56. The Hall–Kier alpha value is -1.64. The number of nitrogens with zero attached hydrogens (tertiary/aromatic N) is 1. The maximum absolute atomic E-state index is 11.1. The Balaban J connectivity index is 2.60. The zero-order valence-corrected chi connectivity index (χ0v) is 12.6. The first kappa shape index (κ1) is 16.4. The molecule has 1 aromatic carbocycles.